The number of benzene rings is 1. The average Bonchev–Trinajstić information content (AvgIpc) is 2.28. The highest BCUT2D eigenvalue weighted by atomic mass is 19.4. The van der Waals surface area contributed by atoms with E-state index in [0.29, 0.717) is 18.6 Å². The maximum atomic E-state index is 13.0. The van der Waals surface area contributed by atoms with Gasteiger partial charge in [-0.25, -0.2) is 4.39 Å². The van der Waals surface area contributed by atoms with E-state index in [0.717, 1.165) is 18.9 Å². The molecule has 1 aromatic carbocycles. The second kappa shape index (κ2) is 5.98. The normalized spacial score (nSPS) is 11.6. The number of hydrogen-bond acceptors (Lipinski definition) is 1. The number of ketones is 1. The van der Waals surface area contributed by atoms with Gasteiger partial charge in [0.05, 0.1) is 5.56 Å². The van der Waals surface area contributed by atoms with Crippen molar-refractivity contribution >= 4 is 5.78 Å². The molecule has 0 saturated heterocycles. The van der Waals surface area contributed by atoms with E-state index in [9.17, 15) is 22.4 Å². The van der Waals surface area contributed by atoms with Gasteiger partial charge in [0.15, 0.2) is 5.78 Å². The smallest absolute Gasteiger partial charge is 0.294 e. The topological polar surface area (TPSA) is 17.1 Å². The molecule has 0 unspecified atom stereocenters. The zero-order valence-corrected chi connectivity index (χ0v) is 9.98. The van der Waals surface area contributed by atoms with Gasteiger partial charge in [-0.05, 0) is 24.6 Å². The molecule has 1 rings (SSSR count). The van der Waals surface area contributed by atoms with E-state index in [-0.39, 0.29) is 17.8 Å². The molecule has 0 amide bonds. The standard InChI is InChI=1S/C13H14F4O/c1-2-3-4-5-12(18)9-6-7-11(14)10(8-9)13(15,16)17/h6-8H,2-5H2,1H3. The largest absolute Gasteiger partial charge is 0.419 e. The molecule has 18 heavy (non-hydrogen) atoms. The van der Waals surface area contributed by atoms with Crippen LogP contribution in [0.15, 0.2) is 18.2 Å². The van der Waals surface area contributed by atoms with Crippen LogP contribution >= 0.6 is 0 Å². The van der Waals surface area contributed by atoms with Crippen LogP contribution in [0.1, 0.15) is 48.5 Å². The number of carbonyl (C=O) groups is 1. The molecule has 1 aromatic rings. The maximum Gasteiger partial charge on any atom is 0.419 e. The number of halogens is 4. The zero-order chi connectivity index (χ0) is 13.8. The molecule has 0 aliphatic heterocycles. The van der Waals surface area contributed by atoms with Crippen LogP contribution in [0, 0.1) is 5.82 Å². The first kappa shape index (κ1) is 14.7. The first-order chi connectivity index (χ1) is 8.36. The summed E-state index contributed by atoms with van der Waals surface area (Å²) in [7, 11) is 0. The Balaban J connectivity index is 2.88. The van der Waals surface area contributed by atoms with E-state index in [1.807, 2.05) is 6.92 Å². The third kappa shape index (κ3) is 3.82. The molecule has 0 fully saturated rings. The molecule has 0 aliphatic carbocycles. The number of rotatable bonds is 5. The second-order valence-electron chi connectivity index (χ2n) is 4.07. The Morgan fingerprint density at radius 2 is 1.89 bits per heavy atom. The number of unbranched alkanes of at least 4 members (excludes halogenated alkanes) is 2. The lowest BCUT2D eigenvalue weighted by Crippen LogP contribution is -2.10. The van der Waals surface area contributed by atoms with Gasteiger partial charge in [0.1, 0.15) is 5.82 Å². The van der Waals surface area contributed by atoms with Crippen LogP contribution in [-0.4, -0.2) is 5.78 Å². The zero-order valence-electron chi connectivity index (χ0n) is 9.98. The Labute approximate surface area is 103 Å². The minimum Gasteiger partial charge on any atom is -0.294 e. The molecule has 0 saturated carbocycles. The van der Waals surface area contributed by atoms with Gasteiger partial charge in [-0.3, -0.25) is 4.79 Å². The first-order valence-electron chi connectivity index (χ1n) is 5.76. The Bertz CT molecular complexity index is 423. The molecule has 0 spiro atoms. The third-order valence-corrected chi connectivity index (χ3v) is 2.60. The van der Waals surface area contributed by atoms with Gasteiger partial charge in [-0.1, -0.05) is 19.8 Å². The predicted molar refractivity (Wildman–Crippen MR) is 59.9 cm³/mol. The van der Waals surface area contributed by atoms with E-state index < -0.39 is 17.6 Å². The Morgan fingerprint density at radius 1 is 1.22 bits per heavy atom. The van der Waals surface area contributed by atoms with Gasteiger partial charge >= 0.3 is 6.18 Å². The van der Waals surface area contributed by atoms with Crippen molar-refractivity contribution < 1.29 is 22.4 Å². The van der Waals surface area contributed by atoms with Crippen LogP contribution in [-0.2, 0) is 6.18 Å². The van der Waals surface area contributed by atoms with Crippen molar-refractivity contribution in [3.8, 4) is 0 Å². The van der Waals surface area contributed by atoms with Gasteiger partial charge < -0.3 is 0 Å². The highest BCUT2D eigenvalue weighted by molar-refractivity contribution is 5.96. The SMILES string of the molecule is CCCCCC(=O)c1ccc(F)c(C(F)(F)F)c1. The van der Waals surface area contributed by atoms with Crippen LogP contribution in [0.3, 0.4) is 0 Å². The number of hydrogen-bond donors (Lipinski definition) is 0. The summed E-state index contributed by atoms with van der Waals surface area (Å²) in [5.74, 6) is -1.73. The van der Waals surface area contributed by atoms with Gasteiger partial charge in [-0.15, -0.1) is 0 Å². The maximum absolute atomic E-state index is 13.0. The Hall–Kier alpha value is -1.39. The molecule has 0 radical (unpaired) electrons. The second-order valence-corrected chi connectivity index (χ2v) is 4.07. The van der Waals surface area contributed by atoms with Crippen molar-refractivity contribution in [2.24, 2.45) is 0 Å². The van der Waals surface area contributed by atoms with Crippen molar-refractivity contribution in [3.05, 3.63) is 35.1 Å². The van der Waals surface area contributed by atoms with Gasteiger partial charge in [0.25, 0.3) is 0 Å². The number of carbonyl (C=O) groups excluding carboxylic acids is 1. The van der Waals surface area contributed by atoms with Crippen molar-refractivity contribution in [1.82, 2.24) is 0 Å². The van der Waals surface area contributed by atoms with Gasteiger partial charge in [0.2, 0.25) is 0 Å². The quantitative estimate of drug-likeness (QED) is 0.430. The van der Waals surface area contributed by atoms with Crippen molar-refractivity contribution in [1.29, 1.82) is 0 Å². The lowest BCUT2D eigenvalue weighted by Gasteiger charge is -2.09. The molecule has 0 heterocycles. The first-order valence-corrected chi connectivity index (χ1v) is 5.76. The lowest BCUT2D eigenvalue weighted by molar-refractivity contribution is -0.140. The van der Waals surface area contributed by atoms with Crippen LogP contribution in [0.2, 0.25) is 0 Å². The molecule has 0 bridgehead atoms. The van der Waals surface area contributed by atoms with E-state index in [4.69, 9.17) is 0 Å². The van der Waals surface area contributed by atoms with E-state index in [1.54, 1.807) is 0 Å². The third-order valence-electron chi connectivity index (χ3n) is 2.60. The fourth-order valence-corrected chi connectivity index (χ4v) is 1.60. The lowest BCUT2D eigenvalue weighted by atomic mass is 10.0. The molecule has 0 aromatic heterocycles. The Kier molecular flexibility index (Phi) is 4.87. The molecular formula is C13H14F4O. The Morgan fingerprint density at radius 3 is 2.44 bits per heavy atom. The fraction of sp³-hybridized carbons (Fsp3) is 0.462. The molecule has 5 heteroatoms. The minimum atomic E-state index is -4.77. The van der Waals surface area contributed by atoms with Crippen molar-refractivity contribution in [2.45, 2.75) is 38.8 Å². The highest BCUT2D eigenvalue weighted by Gasteiger charge is 2.34. The van der Waals surface area contributed by atoms with E-state index in [2.05, 4.69) is 0 Å². The van der Waals surface area contributed by atoms with Crippen LogP contribution in [0.4, 0.5) is 17.6 Å². The van der Waals surface area contributed by atoms with E-state index >= 15 is 0 Å². The van der Waals surface area contributed by atoms with Crippen LogP contribution in [0.5, 0.6) is 0 Å². The van der Waals surface area contributed by atoms with E-state index in [1.165, 1.54) is 0 Å². The van der Waals surface area contributed by atoms with Crippen molar-refractivity contribution in [2.75, 3.05) is 0 Å². The van der Waals surface area contributed by atoms with Crippen molar-refractivity contribution in [3.63, 3.8) is 0 Å². The summed E-state index contributed by atoms with van der Waals surface area (Å²) in [5, 5.41) is 0. The predicted octanol–water partition coefficient (Wildman–Crippen LogP) is 4.61. The monoisotopic (exact) mass is 262 g/mol. The number of Topliss-reactive ketones (excluding diaryl/α,β-unsaturated/α-hetero) is 1. The van der Waals surface area contributed by atoms with Gasteiger partial charge in [0, 0.05) is 12.0 Å². The summed E-state index contributed by atoms with van der Waals surface area (Å²) >= 11 is 0. The molecule has 100 valence electrons. The molecule has 0 N–H and O–H groups in total. The highest BCUT2D eigenvalue weighted by Crippen LogP contribution is 2.32. The minimum absolute atomic E-state index is 0.0835. The average molecular weight is 262 g/mol. The molecule has 0 aliphatic rings. The molecule has 0 atom stereocenters. The summed E-state index contributed by atoms with van der Waals surface area (Å²) in [6.07, 6.45) is -2.18. The number of alkyl halides is 3. The summed E-state index contributed by atoms with van der Waals surface area (Å²) in [4.78, 5) is 11.6. The summed E-state index contributed by atoms with van der Waals surface area (Å²) < 4.78 is 50.3. The van der Waals surface area contributed by atoms with Crippen LogP contribution in [0.25, 0.3) is 0 Å². The molecule has 1 nitrogen and oxygen atoms in total. The fourth-order valence-electron chi connectivity index (χ4n) is 1.60. The molecular weight excluding hydrogens is 248 g/mol. The van der Waals surface area contributed by atoms with Gasteiger partial charge in [-0.2, -0.15) is 13.2 Å². The summed E-state index contributed by atoms with van der Waals surface area (Å²) in [5.41, 5.74) is -1.47. The summed E-state index contributed by atoms with van der Waals surface area (Å²) in [6, 6.07) is 2.37. The van der Waals surface area contributed by atoms with Crippen LogP contribution < -0.4 is 0 Å². The summed E-state index contributed by atoms with van der Waals surface area (Å²) in [6.45, 7) is 1.96.